The molecule has 24 heavy (non-hydrogen) atoms. The SMILES string of the molecule is Cc1cn[nH]c1C[C@@H]1CCCN(C(=O)C2(c3ccccc3)CC2)C1. The van der Waals surface area contributed by atoms with E-state index in [0.717, 1.165) is 38.8 Å². The highest BCUT2D eigenvalue weighted by atomic mass is 16.2. The van der Waals surface area contributed by atoms with E-state index in [1.165, 1.54) is 23.2 Å². The standard InChI is InChI=1S/C20H25N3O/c1-15-13-21-22-18(15)12-16-6-5-11-23(14-16)19(24)20(9-10-20)17-7-3-2-4-8-17/h2-4,7-8,13,16H,5-6,9-12,14H2,1H3,(H,21,22)/t16-/m0/s1. The molecule has 2 aromatic rings. The van der Waals surface area contributed by atoms with Gasteiger partial charge in [0.05, 0.1) is 11.6 Å². The number of benzene rings is 1. The molecule has 1 amide bonds. The monoisotopic (exact) mass is 323 g/mol. The van der Waals surface area contributed by atoms with Crippen LogP contribution in [-0.2, 0) is 16.6 Å². The van der Waals surface area contributed by atoms with Crippen molar-refractivity contribution in [2.45, 2.75) is 44.4 Å². The van der Waals surface area contributed by atoms with E-state index in [1.54, 1.807) is 0 Å². The van der Waals surface area contributed by atoms with Crippen molar-refractivity contribution < 1.29 is 4.79 Å². The summed E-state index contributed by atoms with van der Waals surface area (Å²) in [7, 11) is 0. The number of carbonyl (C=O) groups excluding carboxylic acids is 1. The van der Waals surface area contributed by atoms with Gasteiger partial charge in [-0.3, -0.25) is 9.89 Å². The molecule has 4 heteroatoms. The second kappa shape index (κ2) is 6.08. The molecule has 2 fully saturated rings. The van der Waals surface area contributed by atoms with Crippen LogP contribution in [0.25, 0.3) is 0 Å². The number of aryl methyl sites for hydroxylation is 1. The second-order valence-corrected chi connectivity index (χ2v) is 7.44. The summed E-state index contributed by atoms with van der Waals surface area (Å²) in [4.78, 5) is 15.3. The topological polar surface area (TPSA) is 49.0 Å². The fraction of sp³-hybridized carbons (Fsp3) is 0.500. The largest absolute Gasteiger partial charge is 0.342 e. The summed E-state index contributed by atoms with van der Waals surface area (Å²) >= 11 is 0. The maximum absolute atomic E-state index is 13.2. The quantitative estimate of drug-likeness (QED) is 0.939. The van der Waals surface area contributed by atoms with Crippen LogP contribution in [0.5, 0.6) is 0 Å². The van der Waals surface area contributed by atoms with Gasteiger partial charge in [-0.15, -0.1) is 0 Å². The number of hydrogen-bond donors (Lipinski definition) is 1. The van der Waals surface area contributed by atoms with Crippen molar-refractivity contribution in [3.05, 3.63) is 53.3 Å². The van der Waals surface area contributed by atoms with Gasteiger partial charge in [-0.1, -0.05) is 30.3 Å². The highest BCUT2D eigenvalue weighted by Crippen LogP contribution is 2.50. The highest BCUT2D eigenvalue weighted by molar-refractivity contribution is 5.91. The Labute approximate surface area is 143 Å². The van der Waals surface area contributed by atoms with Gasteiger partial charge in [0, 0.05) is 18.8 Å². The Hall–Kier alpha value is -2.10. The van der Waals surface area contributed by atoms with Crippen LogP contribution in [0.4, 0.5) is 0 Å². The van der Waals surface area contributed by atoms with Crippen LogP contribution in [0.15, 0.2) is 36.5 Å². The van der Waals surface area contributed by atoms with Crippen molar-refractivity contribution in [3.8, 4) is 0 Å². The number of rotatable bonds is 4. The van der Waals surface area contributed by atoms with Crippen LogP contribution in [0.3, 0.4) is 0 Å². The van der Waals surface area contributed by atoms with Crippen molar-refractivity contribution in [1.82, 2.24) is 15.1 Å². The molecule has 0 unspecified atom stereocenters. The minimum Gasteiger partial charge on any atom is -0.342 e. The highest BCUT2D eigenvalue weighted by Gasteiger charge is 2.53. The number of aromatic nitrogens is 2. The second-order valence-electron chi connectivity index (χ2n) is 7.44. The first kappa shape index (κ1) is 15.4. The lowest BCUT2D eigenvalue weighted by molar-refractivity contribution is -0.135. The van der Waals surface area contributed by atoms with E-state index in [-0.39, 0.29) is 5.41 Å². The molecule has 2 heterocycles. The predicted octanol–water partition coefficient (Wildman–Crippen LogP) is 3.23. The van der Waals surface area contributed by atoms with Gasteiger partial charge in [0.2, 0.25) is 5.91 Å². The van der Waals surface area contributed by atoms with E-state index in [0.29, 0.717) is 11.8 Å². The Balaban J connectivity index is 1.46. The summed E-state index contributed by atoms with van der Waals surface area (Å²) in [5.41, 5.74) is 3.41. The van der Waals surface area contributed by atoms with Crippen LogP contribution in [-0.4, -0.2) is 34.1 Å². The molecule has 2 aliphatic rings. The Morgan fingerprint density at radius 1 is 1.33 bits per heavy atom. The fourth-order valence-corrected chi connectivity index (χ4v) is 4.10. The van der Waals surface area contributed by atoms with Gasteiger partial charge in [0.25, 0.3) is 0 Å². The number of hydrogen-bond acceptors (Lipinski definition) is 2. The minimum absolute atomic E-state index is 0.229. The van der Waals surface area contributed by atoms with Gasteiger partial charge in [-0.25, -0.2) is 0 Å². The van der Waals surface area contributed by atoms with E-state index in [1.807, 2.05) is 24.4 Å². The van der Waals surface area contributed by atoms with Crippen LogP contribution < -0.4 is 0 Å². The first-order valence-electron chi connectivity index (χ1n) is 9.03. The molecule has 4 rings (SSSR count). The molecule has 1 aromatic heterocycles. The summed E-state index contributed by atoms with van der Waals surface area (Å²) < 4.78 is 0. The van der Waals surface area contributed by atoms with Gasteiger partial charge in [0.1, 0.15) is 0 Å². The molecular weight excluding hydrogens is 298 g/mol. The Kier molecular flexibility index (Phi) is 3.91. The van der Waals surface area contributed by atoms with Crippen LogP contribution in [0, 0.1) is 12.8 Å². The normalized spacial score (nSPS) is 22.4. The molecule has 1 N–H and O–H groups in total. The maximum atomic E-state index is 13.2. The van der Waals surface area contributed by atoms with Crippen LogP contribution in [0.1, 0.15) is 42.5 Å². The van der Waals surface area contributed by atoms with E-state index in [2.05, 4.69) is 34.2 Å². The van der Waals surface area contributed by atoms with Crippen molar-refractivity contribution in [2.24, 2.45) is 5.92 Å². The van der Waals surface area contributed by atoms with Gasteiger partial charge in [-0.2, -0.15) is 5.10 Å². The average Bonchev–Trinajstić information content (AvgIpc) is 3.34. The number of H-pyrrole nitrogens is 1. The molecule has 1 atom stereocenters. The fourth-order valence-electron chi connectivity index (χ4n) is 4.10. The number of carbonyl (C=O) groups is 1. The third-order valence-corrected chi connectivity index (χ3v) is 5.72. The number of aromatic amines is 1. The average molecular weight is 323 g/mol. The molecule has 1 aliphatic carbocycles. The zero-order valence-corrected chi connectivity index (χ0v) is 14.3. The summed E-state index contributed by atoms with van der Waals surface area (Å²) in [5, 5.41) is 7.24. The lowest BCUT2D eigenvalue weighted by Gasteiger charge is -2.35. The van der Waals surface area contributed by atoms with Crippen molar-refractivity contribution in [2.75, 3.05) is 13.1 Å². The molecule has 0 spiro atoms. The zero-order chi connectivity index (χ0) is 16.6. The van der Waals surface area contributed by atoms with Gasteiger partial charge in [-0.05, 0) is 56.1 Å². The first-order chi connectivity index (χ1) is 11.7. The van der Waals surface area contributed by atoms with E-state index in [4.69, 9.17) is 0 Å². The van der Waals surface area contributed by atoms with E-state index < -0.39 is 0 Å². The van der Waals surface area contributed by atoms with Crippen molar-refractivity contribution in [1.29, 1.82) is 0 Å². The molecule has 1 saturated heterocycles. The Bertz CT molecular complexity index is 717. The smallest absolute Gasteiger partial charge is 0.233 e. The zero-order valence-electron chi connectivity index (χ0n) is 14.3. The first-order valence-corrected chi connectivity index (χ1v) is 9.03. The van der Waals surface area contributed by atoms with Gasteiger partial charge >= 0.3 is 0 Å². The summed E-state index contributed by atoms with van der Waals surface area (Å²) in [6.07, 6.45) is 7.17. The van der Waals surface area contributed by atoms with E-state index in [9.17, 15) is 4.79 Å². The number of nitrogens with zero attached hydrogens (tertiary/aromatic N) is 2. The van der Waals surface area contributed by atoms with Crippen molar-refractivity contribution in [3.63, 3.8) is 0 Å². The number of piperidine rings is 1. The summed E-state index contributed by atoms with van der Waals surface area (Å²) in [6.45, 7) is 3.89. The summed E-state index contributed by atoms with van der Waals surface area (Å²) in [5.74, 6) is 0.883. The maximum Gasteiger partial charge on any atom is 0.233 e. The summed E-state index contributed by atoms with van der Waals surface area (Å²) in [6, 6.07) is 10.3. The Morgan fingerprint density at radius 2 is 2.12 bits per heavy atom. The van der Waals surface area contributed by atoms with Crippen LogP contribution in [0.2, 0.25) is 0 Å². The van der Waals surface area contributed by atoms with Gasteiger partial charge in [0.15, 0.2) is 0 Å². The molecule has 1 saturated carbocycles. The predicted molar refractivity (Wildman–Crippen MR) is 93.7 cm³/mol. The lowest BCUT2D eigenvalue weighted by atomic mass is 9.89. The minimum atomic E-state index is -0.229. The molecule has 0 bridgehead atoms. The van der Waals surface area contributed by atoms with Crippen LogP contribution >= 0.6 is 0 Å². The number of nitrogens with one attached hydrogen (secondary N) is 1. The van der Waals surface area contributed by atoms with Crippen molar-refractivity contribution >= 4 is 5.91 Å². The molecule has 1 aromatic carbocycles. The molecule has 4 nitrogen and oxygen atoms in total. The molecular formula is C20H25N3O. The van der Waals surface area contributed by atoms with Gasteiger partial charge < -0.3 is 4.90 Å². The third kappa shape index (κ3) is 2.74. The lowest BCUT2D eigenvalue weighted by Crippen LogP contribution is -2.45. The molecule has 0 radical (unpaired) electrons. The molecule has 126 valence electrons. The third-order valence-electron chi connectivity index (χ3n) is 5.72. The Morgan fingerprint density at radius 3 is 2.79 bits per heavy atom. The molecule has 1 aliphatic heterocycles. The number of amides is 1. The van der Waals surface area contributed by atoms with E-state index >= 15 is 0 Å². The number of likely N-dealkylation sites (tertiary alicyclic amines) is 1.